The van der Waals surface area contributed by atoms with E-state index in [-0.39, 0.29) is 41.8 Å². The molecule has 1 N–H and O–H groups in total. The normalized spacial score (nSPS) is 14.6. The van der Waals surface area contributed by atoms with Crippen LogP contribution in [0.25, 0.3) is 6.08 Å². The number of aliphatic hydroxyl groups excluding tert-OH is 1. The minimum atomic E-state index is -4.88. The molecule has 180 valence electrons. The van der Waals surface area contributed by atoms with Crippen molar-refractivity contribution in [2.45, 2.75) is 39.1 Å². The number of carbonyl (C=O) groups excluding carboxylic acids is 1. The largest absolute Gasteiger partial charge is 0.501 e. The standard InChI is InChI=1S/C24H24F3N3O4/c1-3-33-8-6-15-9-19(22(31)24(25,26)27)18-5-7-30(23(32)20(18)10-15)14-17-11-21(34-4-2)16(12-28)13-29-17/h6,8-11,13,22,31H,3-5,7,14H2,1-2H3/b8-6+. The van der Waals surface area contributed by atoms with Gasteiger partial charge in [0.1, 0.15) is 17.4 Å². The molecule has 3 rings (SSSR count). The number of alkyl halides is 3. The summed E-state index contributed by atoms with van der Waals surface area (Å²) in [6.45, 7) is 4.47. The van der Waals surface area contributed by atoms with E-state index in [1.165, 1.54) is 35.6 Å². The van der Waals surface area contributed by atoms with E-state index >= 15 is 0 Å². The number of aliphatic hydroxyl groups is 1. The van der Waals surface area contributed by atoms with Gasteiger partial charge in [-0.1, -0.05) is 0 Å². The first kappa shape index (κ1) is 25.1. The van der Waals surface area contributed by atoms with Gasteiger partial charge in [-0.05, 0) is 55.2 Å². The van der Waals surface area contributed by atoms with Crippen LogP contribution in [0.15, 0.2) is 30.7 Å². The minimum absolute atomic E-state index is 0.0836. The Labute approximate surface area is 195 Å². The van der Waals surface area contributed by atoms with Crippen LogP contribution in [0.2, 0.25) is 0 Å². The Kier molecular flexibility index (Phi) is 7.79. The maximum absolute atomic E-state index is 13.3. The lowest BCUT2D eigenvalue weighted by Crippen LogP contribution is -2.38. The predicted molar refractivity (Wildman–Crippen MR) is 117 cm³/mol. The van der Waals surface area contributed by atoms with E-state index in [9.17, 15) is 28.3 Å². The van der Waals surface area contributed by atoms with Crippen LogP contribution < -0.4 is 4.74 Å². The maximum atomic E-state index is 13.3. The van der Waals surface area contributed by atoms with Crippen molar-refractivity contribution in [1.82, 2.24) is 9.88 Å². The zero-order valence-electron chi connectivity index (χ0n) is 18.7. The van der Waals surface area contributed by atoms with E-state index in [4.69, 9.17) is 9.47 Å². The first-order chi connectivity index (χ1) is 16.2. The number of hydrogen-bond acceptors (Lipinski definition) is 6. The first-order valence-corrected chi connectivity index (χ1v) is 10.7. The van der Waals surface area contributed by atoms with E-state index in [1.54, 1.807) is 19.9 Å². The molecule has 0 fully saturated rings. The Morgan fingerprint density at radius 1 is 1.29 bits per heavy atom. The highest BCUT2D eigenvalue weighted by Crippen LogP contribution is 2.38. The number of fused-ring (bicyclic) bond motifs is 1. The van der Waals surface area contributed by atoms with E-state index in [1.807, 2.05) is 6.07 Å². The van der Waals surface area contributed by atoms with E-state index < -0.39 is 18.2 Å². The van der Waals surface area contributed by atoms with E-state index in [0.717, 1.165) is 0 Å². The molecule has 1 aromatic heterocycles. The van der Waals surface area contributed by atoms with Gasteiger partial charge in [-0.15, -0.1) is 0 Å². The molecule has 1 amide bonds. The summed E-state index contributed by atoms with van der Waals surface area (Å²) in [5, 5.41) is 19.2. The van der Waals surface area contributed by atoms with E-state index in [0.29, 0.717) is 30.2 Å². The highest BCUT2D eigenvalue weighted by atomic mass is 19.4. The number of halogens is 3. The van der Waals surface area contributed by atoms with E-state index in [2.05, 4.69) is 4.98 Å². The summed E-state index contributed by atoms with van der Waals surface area (Å²) >= 11 is 0. The predicted octanol–water partition coefficient (Wildman–Crippen LogP) is 4.15. The fraction of sp³-hybridized carbons (Fsp3) is 0.375. The fourth-order valence-corrected chi connectivity index (χ4v) is 3.71. The third-order valence-electron chi connectivity index (χ3n) is 5.28. The van der Waals surface area contributed by atoms with Crippen molar-refractivity contribution in [3.05, 3.63) is 64.2 Å². The molecule has 34 heavy (non-hydrogen) atoms. The van der Waals surface area contributed by atoms with Gasteiger partial charge in [0.2, 0.25) is 0 Å². The number of benzene rings is 1. The number of rotatable bonds is 8. The fourth-order valence-electron chi connectivity index (χ4n) is 3.71. The summed E-state index contributed by atoms with van der Waals surface area (Å²) in [4.78, 5) is 18.9. The molecule has 1 aromatic carbocycles. The van der Waals surface area contributed by atoms with Crippen LogP contribution in [0.3, 0.4) is 0 Å². The molecule has 0 aliphatic carbocycles. The van der Waals surface area contributed by atoms with Crippen LogP contribution in [0, 0.1) is 11.3 Å². The summed E-state index contributed by atoms with van der Waals surface area (Å²) in [5.74, 6) is -0.133. The summed E-state index contributed by atoms with van der Waals surface area (Å²) in [7, 11) is 0. The number of carbonyl (C=O) groups is 1. The molecular formula is C24H24F3N3O4. The molecular weight excluding hydrogens is 451 g/mol. The molecule has 1 aliphatic heterocycles. The van der Waals surface area contributed by atoms with Crippen LogP contribution in [0.4, 0.5) is 13.2 Å². The molecule has 0 saturated heterocycles. The molecule has 0 radical (unpaired) electrons. The van der Waals surface area contributed by atoms with Gasteiger partial charge in [-0.2, -0.15) is 18.4 Å². The second-order valence-electron chi connectivity index (χ2n) is 7.53. The van der Waals surface area contributed by atoms with Crippen molar-refractivity contribution >= 4 is 12.0 Å². The van der Waals surface area contributed by atoms with Gasteiger partial charge >= 0.3 is 6.18 Å². The van der Waals surface area contributed by atoms with Crippen LogP contribution in [0.1, 0.15) is 58.3 Å². The van der Waals surface area contributed by atoms with Gasteiger partial charge < -0.3 is 19.5 Å². The smallest absolute Gasteiger partial charge is 0.418 e. The Balaban J connectivity index is 1.97. The molecule has 0 spiro atoms. The van der Waals surface area contributed by atoms with Crippen molar-refractivity contribution in [3.8, 4) is 11.8 Å². The SMILES string of the molecule is CCO/C=C/c1cc2c(c(C(O)C(F)(F)F)c1)CCN(Cc1cc(OCC)c(C#N)cn1)C2=O. The number of ether oxygens (including phenoxy) is 2. The monoisotopic (exact) mass is 475 g/mol. The number of amides is 1. The van der Waals surface area contributed by atoms with Crippen molar-refractivity contribution < 1.29 is 32.5 Å². The molecule has 2 heterocycles. The molecule has 1 atom stereocenters. The van der Waals surface area contributed by atoms with Crippen LogP contribution in [0.5, 0.6) is 5.75 Å². The Morgan fingerprint density at radius 3 is 2.71 bits per heavy atom. The number of nitriles is 1. The van der Waals surface area contributed by atoms with Crippen LogP contribution in [-0.2, 0) is 17.7 Å². The topological polar surface area (TPSA) is 95.7 Å². The quantitative estimate of drug-likeness (QED) is 0.577. The molecule has 2 aromatic rings. The Hall–Kier alpha value is -3.58. The van der Waals surface area contributed by atoms with Gasteiger partial charge in [0.25, 0.3) is 5.91 Å². The van der Waals surface area contributed by atoms with Crippen molar-refractivity contribution in [3.63, 3.8) is 0 Å². The highest BCUT2D eigenvalue weighted by Gasteiger charge is 2.42. The number of hydrogen-bond donors (Lipinski definition) is 1. The maximum Gasteiger partial charge on any atom is 0.418 e. The number of nitrogens with zero attached hydrogens (tertiary/aromatic N) is 3. The molecule has 1 aliphatic rings. The average Bonchev–Trinajstić information content (AvgIpc) is 2.80. The number of aromatic nitrogens is 1. The third-order valence-corrected chi connectivity index (χ3v) is 5.28. The second kappa shape index (κ2) is 10.6. The second-order valence-corrected chi connectivity index (χ2v) is 7.53. The average molecular weight is 475 g/mol. The van der Waals surface area contributed by atoms with Crippen LogP contribution in [-0.4, -0.2) is 46.8 Å². The van der Waals surface area contributed by atoms with Gasteiger partial charge in [0.15, 0.2) is 6.10 Å². The van der Waals surface area contributed by atoms with Crippen molar-refractivity contribution in [1.29, 1.82) is 5.26 Å². The molecule has 0 saturated carbocycles. The van der Waals surface area contributed by atoms with Crippen molar-refractivity contribution in [2.75, 3.05) is 19.8 Å². The number of pyridine rings is 1. The Bertz CT molecular complexity index is 1130. The third kappa shape index (κ3) is 5.48. The van der Waals surface area contributed by atoms with Gasteiger partial charge in [0, 0.05) is 24.4 Å². The summed E-state index contributed by atoms with van der Waals surface area (Å²) < 4.78 is 50.6. The Morgan fingerprint density at radius 2 is 2.06 bits per heavy atom. The van der Waals surface area contributed by atoms with Gasteiger partial charge in [0.05, 0.1) is 31.7 Å². The highest BCUT2D eigenvalue weighted by molar-refractivity contribution is 5.97. The molecule has 0 bridgehead atoms. The first-order valence-electron chi connectivity index (χ1n) is 10.7. The lowest BCUT2D eigenvalue weighted by Gasteiger charge is -2.31. The zero-order valence-corrected chi connectivity index (χ0v) is 18.7. The minimum Gasteiger partial charge on any atom is -0.501 e. The van der Waals surface area contributed by atoms with Gasteiger partial charge in [-0.25, -0.2) is 0 Å². The summed E-state index contributed by atoms with van der Waals surface area (Å²) in [5.41, 5.74) is 0.948. The van der Waals surface area contributed by atoms with Crippen molar-refractivity contribution in [2.24, 2.45) is 0 Å². The lowest BCUT2D eigenvalue weighted by atomic mass is 9.88. The molecule has 10 heteroatoms. The lowest BCUT2D eigenvalue weighted by molar-refractivity contribution is -0.207. The van der Waals surface area contributed by atoms with Crippen LogP contribution >= 0.6 is 0 Å². The molecule has 7 nitrogen and oxygen atoms in total. The summed E-state index contributed by atoms with van der Waals surface area (Å²) in [6.07, 6.45) is -3.33. The molecule has 1 unspecified atom stereocenters. The zero-order chi connectivity index (χ0) is 24.9. The van der Waals surface area contributed by atoms with Gasteiger partial charge in [-0.3, -0.25) is 9.78 Å². The summed E-state index contributed by atoms with van der Waals surface area (Å²) in [6, 6.07) is 6.28.